The molecule has 3 heteroatoms. The van der Waals surface area contributed by atoms with Crippen molar-refractivity contribution in [2.75, 3.05) is 19.6 Å². The zero-order valence-electron chi connectivity index (χ0n) is 11.4. The molecule has 1 heterocycles. The standard InChI is InChI=1S/C16H21NO2/c1-16-8-2-3-13(16)9-17(11-16)10-15(19)12-4-6-14(18)7-5-12/h4-7,13,18H,2-3,8-11H2,1H3/t13?,16-/m0/s1. The second-order valence-corrected chi connectivity index (χ2v) is 6.38. The first-order valence-corrected chi connectivity index (χ1v) is 7.11. The average molecular weight is 259 g/mol. The van der Waals surface area contributed by atoms with Crippen molar-refractivity contribution < 1.29 is 9.90 Å². The van der Waals surface area contributed by atoms with E-state index in [4.69, 9.17) is 0 Å². The number of nitrogens with zero attached hydrogens (tertiary/aromatic N) is 1. The molecule has 2 aliphatic rings. The minimum Gasteiger partial charge on any atom is -0.508 e. The van der Waals surface area contributed by atoms with Crippen LogP contribution >= 0.6 is 0 Å². The smallest absolute Gasteiger partial charge is 0.176 e. The molecule has 0 spiro atoms. The summed E-state index contributed by atoms with van der Waals surface area (Å²) in [6, 6.07) is 6.56. The van der Waals surface area contributed by atoms with Gasteiger partial charge in [0.2, 0.25) is 0 Å². The van der Waals surface area contributed by atoms with Gasteiger partial charge in [-0.2, -0.15) is 0 Å². The summed E-state index contributed by atoms with van der Waals surface area (Å²) in [7, 11) is 0. The first-order chi connectivity index (χ1) is 9.07. The highest BCUT2D eigenvalue weighted by molar-refractivity contribution is 5.97. The summed E-state index contributed by atoms with van der Waals surface area (Å²) < 4.78 is 0. The molecule has 3 nitrogen and oxygen atoms in total. The molecule has 1 aliphatic heterocycles. The zero-order chi connectivity index (χ0) is 13.5. The predicted octanol–water partition coefficient (Wildman–Crippen LogP) is 2.70. The van der Waals surface area contributed by atoms with Crippen molar-refractivity contribution in [3.8, 4) is 5.75 Å². The van der Waals surface area contributed by atoms with Crippen LogP contribution in [0, 0.1) is 11.3 Å². The molecule has 2 fully saturated rings. The number of Topliss-reactive ketones (excluding diaryl/α,β-unsaturated/α-hetero) is 1. The second-order valence-electron chi connectivity index (χ2n) is 6.38. The van der Waals surface area contributed by atoms with Gasteiger partial charge in [0, 0.05) is 18.7 Å². The van der Waals surface area contributed by atoms with Crippen molar-refractivity contribution in [2.24, 2.45) is 11.3 Å². The lowest BCUT2D eigenvalue weighted by Crippen LogP contribution is -2.30. The Hall–Kier alpha value is -1.35. The summed E-state index contributed by atoms with van der Waals surface area (Å²) in [5.74, 6) is 1.14. The van der Waals surface area contributed by atoms with Crippen molar-refractivity contribution >= 4 is 5.78 Å². The minimum absolute atomic E-state index is 0.156. The molecule has 1 saturated heterocycles. The van der Waals surface area contributed by atoms with Crippen molar-refractivity contribution in [3.63, 3.8) is 0 Å². The van der Waals surface area contributed by atoms with Crippen molar-refractivity contribution in [2.45, 2.75) is 26.2 Å². The highest BCUT2D eigenvalue weighted by atomic mass is 16.3. The maximum Gasteiger partial charge on any atom is 0.176 e. The molecule has 0 amide bonds. The summed E-state index contributed by atoms with van der Waals surface area (Å²) in [6.45, 7) is 5.01. The van der Waals surface area contributed by atoms with Gasteiger partial charge in [0.05, 0.1) is 6.54 Å². The number of benzene rings is 1. The maximum atomic E-state index is 12.2. The minimum atomic E-state index is 0.156. The molecule has 1 aromatic carbocycles. The monoisotopic (exact) mass is 259 g/mol. The number of rotatable bonds is 3. The van der Waals surface area contributed by atoms with Gasteiger partial charge < -0.3 is 5.11 Å². The number of ketones is 1. The summed E-state index contributed by atoms with van der Waals surface area (Å²) in [4.78, 5) is 14.5. The van der Waals surface area contributed by atoms with E-state index in [9.17, 15) is 9.90 Å². The summed E-state index contributed by atoms with van der Waals surface area (Å²) in [5, 5.41) is 9.24. The predicted molar refractivity (Wildman–Crippen MR) is 74.3 cm³/mol. The van der Waals surface area contributed by atoms with Crippen LogP contribution in [0.1, 0.15) is 36.5 Å². The van der Waals surface area contributed by atoms with Gasteiger partial charge in [-0.1, -0.05) is 13.3 Å². The van der Waals surface area contributed by atoms with Gasteiger partial charge in [-0.15, -0.1) is 0 Å². The highest BCUT2D eigenvalue weighted by Crippen LogP contribution is 2.48. The highest BCUT2D eigenvalue weighted by Gasteiger charge is 2.45. The van der Waals surface area contributed by atoms with Crippen LogP contribution in [0.15, 0.2) is 24.3 Å². The molecule has 1 unspecified atom stereocenters. The van der Waals surface area contributed by atoms with Crippen LogP contribution < -0.4 is 0 Å². The molecule has 2 atom stereocenters. The number of likely N-dealkylation sites (tertiary alicyclic amines) is 1. The van der Waals surface area contributed by atoms with Crippen LogP contribution in [0.5, 0.6) is 5.75 Å². The van der Waals surface area contributed by atoms with Crippen LogP contribution in [0.25, 0.3) is 0 Å². The van der Waals surface area contributed by atoms with Gasteiger partial charge in [-0.05, 0) is 48.4 Å². The largest absolute Gasteiger partial charge is 0.508 e. The first-order valence-electron chi connectivity index (χ1n) is 7.11. The fourth-order valence-electron chi connectivity index (χ4n) is 3.77. The Morgan fingerprint density at radius 1 is 1.42 bits per heavy atom. The van der Waals surface area contributed by atoms with Crippen molar-refractivity contribution in [1.82, 2.24) is 4.90 Å². The molecule has 1 aromatic rings. The molecule has 19 heavy (non-hydrogen) atoms. The van der Waals surface area contributed by atoms with Crippen molar-refractivity contribution in [3.05, 3.63) is 29.8 Å². The quantitative estimate of drug-likeness (QED) is 0.848. The Balaban J connectivity index is 1.63. The normalized spacial score (nSPS) is 30.5. The number of carbonyl (C=O) groups is 1. The molecule has 1 aliphatic carbocycles. The van der Waals surface area contributed by atoms with E-state index in [-0.39, 0.29) is 11.5 Å². The Morgan fingerprint density at radius 3 is 2.84 bits per heavy atom. The van der Waals surface area contributed by atoms with Crippen LogP contribution in [-0.4, -0.2) is 35.4 Å². The molecule has 1 saturated carbocycles. The number of fused-ring (bicyclic) bond motifs is 1. The fourth-order valence-corrected chi connectivity index (χ4v) is 3.77. The van der Waals surface area contributed by atoms with E-state index in [0.29, 0.717) is 17.5 Å². The molecule has 0 radical (unpaired) electrons. The van der Waals surface area contributed by atoms with Gasteiger partial charge in [0.25, 0.3) is 0 Å². The van der Waals surface area contributed by atoms with Crippen LogP contribution in [0.4, 0.5) is 0 Å². The number of aromatic hydroxyl groups is 1. The number of hydrogen-bond acceptors (Lipinski definition) is 3. The molecular weight excluding hydrogens is 238 g/mol. The van der Waals surface area contributed by atoms with E-state index in [2.05, 4.69) is 11.8 Å². The van der Waals surface area contributed by atoms with E-state index in [1.165, 1.54) is 19.3 Å². The van der Waals surface area contributed by atoms with E-state index in [0.717, 1.165) is 19.0 Å². The van der Waals surface area contributed by atoms with Crippen LogP contribution in [-0.2, 0) is 0 Å². The summed E-state index contributed by atoms with van der Waals surface area (Å²) in [6.07, 6.45) is 3.98. The van der Waals surface area contributed by atoms with Gasteiger partial charge in [0.1, 0.15) is 5.75 Å². The number of hydrogen-bond donors (Lipinski definition) is 1. The fraction of sp³-hybridized carbons (Fsp3) is 0.562. The van der Waals surface area contributed by atoms with E-state index < -0.39 is 0 Å². The molecular formula is C16H21NO2. The Labute approximate surface area is 114 Å². The molecule has 1 N–H and O–H groups in total. The lowest BCUT2D eigenvalue weighted by molar-refractivity contribution is 0.0937. The third-order valence-corrected chi connectivity index (χ3v) is 4.91. The van der Waals surface area contributed by atoms with E-state index in [1.54, 1.807) is 24.3 Å². The Bertz CT molecular complexity index is 482. The summed E-state index contributed by atoms with van der Waals surface area (Å²) >= 11 is 0. The molecule has 3 rings (SSSR count). The number of phenols is 1. The Morgan fingerprint density at radius 2 is 2.16 bits per heavy atom. The SMILES string of the molecule is C[C@@]12CCCC1CN(CC(=O)c1ccc(O)cc1)C2. The van der Waals surface area contributed by atoms with Gasteiger partial charge in [-0.3, -0.25) is 9.69 Å². The van der Waals surface area contributed by atoms with E-state index in [1.807, 2.05) is 0 Å². The van der Waals surface area contributed by atoms with Crippen molar-refractivity contribution in [1.29, 1.82) is 0 Å². The van der Waals surface area contributed by atoms with E-state index >= 15 is 0 Å². The molecule has 102 valence electrons. The Kier molecular flexibility index (Phi) is 3.09. The third-order valence-electron chi connectivity index (χ3n) is 4.91. The van der Waals surface area contributed by atoms with Gasteiger partial charge >= 0.3 is 0 Å². The van der Waals surface area contributed by atoms with Crippen LogP contribution in [0.2, 0.25) is 0 Å². The first kappa shape index (κ1) is 12.7. The zero-order valence-corrected chi connectivity index (χ0v) is 11.4. The van der Waals surface area contributed by atoms with Crippen LogP contribution in [0.3, 0.4) is 0 Å². The number of carbonyl (C=O) groups excluding carboxylic acids is 1. The lowest BCUT2D eigenvalue weighted by Gasteiger charge is -2.22. The third kappa shape index (κ3) is 2.39. The number of phenolic OH excluding ortho intramolecular Hbond substituents is 1. The topological polar surface area (TPSA) is 40.5 Å². The lowest BCUT2D eigenvalue weighted by atomic mass is 9.83. The summed E-state index contributed by atoms with van der Waals surface area (Å²) in [5.41, 5.74) is 1.13. The van der Waals surface area contributed by atoms with Gasteiger partial charge in [-0.25, -0.2) is 0 Å². The average Bonchev–Trinajstić information content (AvgIpc) is 2.84. The maximum absolute atomic E-state index is 12.2. The second kappa shape index (κ2) is 4.64. The molecule has 0 bridgehead atoms. The molecule has 0 aromatic heterocycles. The van der Waals surface area contributed by atoms with Gasteiger partial charge in [0.15, 0.2) is 5.78 Å².